The fourth-order valence-electron chi connectivity index (χ4n) is 2.77. The molecular formula is C20H15BrFN5O. The summed E-state index contributed by atoms with van der Waals surface area (Å²) in [5, 5.41) is 11.2. The van der Waals surface area contributed by atoms with Gasteiger partial charge in [0.25, 0.3) is 5.91 Å². The Morgan fingerprint density at radius 1 is 1.11 bits per heavy atom. The summed E-state index contributed by atoms with van der Waals surface area (Å²) < 4.78 is 17.9. The molecule has 8 heteroatoms. The fourth-order valence-corrected chi connectivity index (χ4v) is 3.22. The summed E-state index contributed by atoms with van der Waals surface area (Å²) in [7, 11) is 0. The van der Waals surface area contributed by atoms with E-state index in [0.29, 0.717) is 12.4 Å². The minimum absolute atomic E-state index is 0.179. The first-order valence-electron chi connectivity index (χ1n) is 8.48. The van der Waals surface area contributed by atoms with Gasteiger partial charge in [0, 0.05) is 16.7 Å². The number of benzene rings is 2. The molecule has 1 amide bonds. The first-order chi connectivity index (χ1) is 13.6. The van der Waals surface area contributed by atoms with Gasteiger partial charge >= 0.3 is 0 Å². The van der Waals surface area contributed by atoms with Gasteiger partial charge in [-0.2, -0.15) is 10.2 Å². The molecule has 0 aliphatic rings. The van der Waals surface area contributed by atoms with E-state index in [1.807, 2.05) is 24.3 Å². The second kappa shape index (κ2) is 7.77. The highest BCUT2D eigenvalue weighted by Crippen LogP contribution is 2.16. The molecule has 28 heavy (non-hydrogen) atoms. The molecule has 0 bridgehead atoms. The number of hydrogen-bond acceptors (Lipinski definition) is 3. The smallest absolute Gasteiger partial charge is 0.277 e. The lowest BCUT2D eigenvalue weighted by Crippen LogP contribution is -2.17. The van der Waals surface area contributed by atoms with Crippen molar-refractivity contribution in [3.63, 3.8) is 0 Å². The molecule has 0 aliphatic carbocycles. The van der Waals surface area contributed by atoms with E-state index in [1.165, 1.54) is 16.8 Å². The van der Waals surface area contributed by atoms with E-state index in [-0.39, 0.29) is 11.4 Å². The third kappa shape index (κ3) is 3.86. The van der Waals surface area contributed by atoms with Gasteiger partial charge in [-0.25, -0.2) is 13.8 Å². The number of nitrogens with zero attached hydrogens (tertiary/aromatic N) is 4. The predicted octanol–water partition coefficient (Wildman–Crippen LogP) is 4.27. The number of amides is 1. The van der Waals surface area contributed by atoms with Gasteiger partial charge in [0.05, 0.1) is 12.7 Å². The Morgan fingerprint density at radius 3 is 2.79 bits per heavy atom. The molecule has 0 radical (unpaired) electrons. The summed E-state index contributed by atoms with van der Waals surface area (Å²) in [5.41, 5.74) is 1.50. The van der Waals surface area contributed by atoms with Gasteiger partial charge in [-0.05, 0) is 35.9 Å². The molecule has 0 fully saturated rings. The number of para-hydroxylation sites is 1. The Bertz CT molecular complexity index is 1140. The highest BCUT2D eigenvalue weighted by molar-refractivity contribution is 9.10. The molecule has 2 aromatic carbocycles. The number of nitrogens with one attached hydrogen (secondary N) is 1. The highest BCUT2D eigenvalue weighted by Gasteiger charge is 2.14. The third-order valence-electron chi connectivity index (χ3n) is 4.10. The number of carbonyl (C=O) groups excluding carboxylic acids is 1. The summed E-state index contributed by atoms with van der Waals surface area (Å²) in [4.78, 5) is 12.6. The Balaban J connectivity index is 1.51. The van der Waals surface area contributed by atoms with Crippen molar-refractivity contribution in [2.24, 2.45) is 0 Å². The van der Waals surface area contributed by atoms with Crippen LogP contribution in [-0.2, 0) is 6.54 Å². The fraction of sp³-hybridized carbons (Fsp3) is 0.0500. The number of anilines is 1. The lowest BCUT2D eigenvalue weighted by atomic mass is 10.2. The van der Waals surface area contributed by atoms with E-state index >= 15 is 0 Å². The average Bonchev–Trinajstić information content (AvgIpc) is 3.32. The molecule has 2 aromatic heterocycles. The zero-order valence-corrected chi connectivity index (χ0v) is 16.2. The van der Waals surface area contributed by atoms with E-state index in [4.69, 9.17) is 0 Å². The van der Waals surface area contributed by atoms with Crippen LogP contribution in [0.3, 0.4) is 0 Å². The minimum atomic E-state index is -0.412. The van der Waals surface area contributed by atoms with Gasteiger partial charge in [-0.3, -0.25) is 4.79 Å². The lowest BCUT2D eigenvalue weighted by molar-refractivity contribution is 0.102. The van der Waals surface area contributed by atoms with Crippen LogP contribution in [0.1, 0.15) is 16.1 Å². The monoisotopic (exact) mass is 439 g/mol. The van der Waals surface area contributed by atoms with E-state index in [0.717, 1.165) is 10.0 Å². The van der Waals surface area contributed by atoms with Gasteiger partial charge in [-0.15, -0.1) is 0 Å². The Kier molecular flexibility index (Phi) is 5.03. The van der Waals surface area contributed by atoms with Gasteiger partial charge in [0.2, 0.25) is 0 Å². The predicted molar refractivity (Wildman–Crippen MR) is 107 cm³/mol. The van der Waals surface area contributed by atoms with Gasteiger partial charge < -0.3 is 5.32 Å². The SMILES string of the molecule is O=C(Nc1ccnn1Cc1cccc(Br)c1)c1ccn(-c2ccccc2F)n1. The highest BCUT2D eigenvalue weighted by atomic mass is 79.9. The summed E-state index contributed by atoms with van der Waals surface area (Å²) in [6.45, 7) is 0.506. The molecule has 0 atom stereocenters. The second-order valence-corrected chi connectivity index (χ2v) is 6.97. The first kappa shape index (κ1) is 18.1. The van der Waals surface area contributed by atoms with Crippen LogP contribution in [0.2, 0.25) is 0 Å². The van der Waals surface area contributed by atoms with Crippen molar-refractivity contribution in [3.8, 4) is 5.69 Å². The van der Waals surface area contributed by atoms with E-state index in [9.17, 15) is 9.18 Å². The van der Waals surface area contributed by atoms with Crippen LogP contribution in [0.5, 0.6) is 0 Å². The zero-order chi connectivity index (χ0) is 19.5. The van der Waals surface area contributed by atoms with E-state index in [2.05, 4.69) is 31.4 Å². The van der Waals surface area contributed by atoms with Crippen LogP contribution in [0.25, 0.3) is 5.69 Å². The van der Waals surface area contributed by atoms with Crippen molar-refractivity contribution in [2.75, 3.05) is 5.32 Å². The number of rotatable bonds is 5. The second-order valence-electron chi connectivity index (χ2n) is 6.06. The summed E-state index contributed by atoms with van der Waals surface area (Å²) in [5.74, 6) is -0.263. The maximum Gasteiger partial charge on any atom is 0.277 e. The number of carbonyl (C=O) groups is 1. The van der Waals surface area contributed by atoms with Crippen molar-refractivity contribution in [2.45, 2.75) is 6.54 Å². The largest absolute Gasteiger partial charge is 0.305 e. The van der Waals surface area contributed by atoms with Crippen molar-refractivity contribution < 1.29 is 9.18 Å². The summed E-state index contributed by atoms with van der Waals surface area (Å²) >= 11 is 3.45. The van der Waals surface area contributed by atoms with Crippen LogP contribution in [0.4, 0.5) is 10.2 Å². The molecule has 6 nitrogen and oxygen atoms in total. The van der Waals surface area contributed by atoms with E-state index < -0.39 is 11.7 Å². The van der Waals surface area contributed by atoms with Crippen LogP contribution in [0, 0.1) is 5.82 Å². The van der Waals surface area contributed by atoms with Gasteiger partial charge in [0.1, 0.15) is 17.3 Å². The summed E-state index contributed by atoms with van der Waals surface area (Å²) in [6.07, 6.45) is 3.16. The van der Waals surface area contributed by atoms with Crippen molar-refractivity contribution >= 4 is 27.7 Å². The van der Waals surface area contributed by atoms with E-state index in [1.54, 1.807) is 41.3 Å². The third-order valence-corrected chi connectivity index (χ3v) is 4.59. The number of halogens is 2. The Labute approximate surface area is 168 Å². The molecule has 0 spiro atoms. The molecule has 2 heterocycles. The standard InChI is InChI=1S/C20H15BrFN5O/c21-15-5-3-4-14(12-15)13-27-19(8-10-23-27)24-20(28)17-9-11-26(25-17)18-7-2-1-6-16(18)22/h1-12H,13H2,(H,24,28). The molecule has 140 valence electrons. The molecule has 0 aliphatic heterocycles. The van der Waals surface area contributed by atoms with Crippen molar-refractivity contribution in [1.29, 1.82) is 0 Å². The molecule has 0 saturated heterocycles. The van der Waals surface area contributed by atoms with Crippen LogP contribution >= 0.6 is 15.9 Å². The molecule has 4 aromatic rings. The Hall–Kier alpha value is -3.26. The molecule has 1 N–H and O–H groups in total. The zero-order valence-electron chi connectivity index (χ0n) is 14.6. The van der Waals surface area contributed by atoms with Crippen molar-refractivity contribution in [1.82, 2.24) is 19.6 Å². The van der Waals surface area contributed by atoms with Gasteiger partial charge in [0.15, 0.2) is 5.69 Å². The number of aromatic nitrogens is 4. The van der Waals surface area contributed by atoms with Crippen molar-refractivity contribution in [3.05, 3.63) is 94.6 Å². The molecule has 0 saturated carbocycles. The van der Waals surface area contributed by atoms with Gasteiger partial charge in [-0.1, -0.05) is 40.2 Å². The Morgan fingerprint density at radius 2 is 1.96 bits per heavy atom. The van der Waals surface area contributed by atoms with Crippen LogP contribution in [0.15, 0.2) is 77.5 Å². The molecule has 4 rings (SSSR count). The quantitative estimate of drug-likeness (QED) is 0.504. The summed E-state index contributed by atoms with van der Waals surface area (Å²) in [6, 6.07) is 17.4. The number of hydrogen-bond donors (Lipinski definition) is 1. The maximum absolute atomic E-state index is 13.9. The minimum Gasteiger partial charge on any atom is -0.305 e. The average molecular weight is 440 g/mol. The molecular weight excluding hydrogens is 425 g/mol. The topological polar surface area (TPSA) is 64.7 Å². The maximum atomic E-state index is 13.9. The molecule has 0 unspecified atom stereocenters. The van der Waals surface area contributed by atoms with Crippen LogP contribution < -0.4 is 5.32 Å². The normalized spacial score (nSPS) is 10.8. The van der Waals surface area contributed by atoms with Crippen LogP contribution in [-0.4, -0.2) is 25.5 Å². The first-order valence-corrected chi connectivity index (χ1v) is 9.27. The lowest BCUT2D eigenvalue weighted by Gasteiger charge is -2.09.